The number of allylic oxidation sites excluding steroid dienone is 2. The van der Waals surface area contributed by atoms with Crippen LogP contribution in [0.4, 0.5) is 0 Å². The van der Waals surface area contributed by atoms with E-state index in [9.17, 15) is 39.8 Å². The largest absolute Gasteiger partial charge is 0.472 e. The van der Waals surface area contributed by atoms with Crippen molar-refractivity contribution in [2.24, 2.45) is 0 Å². The smallest absolute Gasteiger partial charge is 0.457 e. The first-order valence-electron chi connectivity index (χ1n) is 29.0. The van der Waals surface area contributed by atoms with Crippen molar-refractivity contribution in [3.63, 3.8) is 0 Å². The molecule has 1 fully saturated rings. The van der Waals surface area contributed by atoms with Crippen molar-refractivity contribution in [3.8, 4) is 0 Å². The van der Waals surface area contributed by atoms with Crippen LogP contribution in [0.25, 0.3) is 0 Å². The molecule has 0 bridgehead atoms. The Bertz CT molecular complexity index is 1190. The van der Waals surface area contributed by atoms with E-state index < -0.39 is 63.1 Å². The fourth-order valence-electron chi connectivity index (χ4n) is 9.30. The van der Waals surface area contributed by atoms with Crippen LogP contribution in [0.15, 0.2) is 12.2 Å². The molecule has 0 aromatic heterocycles. The Morgan fingerprint density at radius 2 is 0.768 bits per heavy atom. The Labute approximate surface area is 422 Å². The van der Waals surface area contributed by atoms with Crippen molar-refractivity contribution in [2.75, 3.05) is 19.8 Å². The lowest BCUT2D eigenvalue weighted by atomic mass is 9.85. The molecule has 12 nitrogen and oxygen atoms in total. The molecule has 6 atom stereocenters. The Kier molecular flexibility index (Phi) is 44.9. The van der Waals surface area contributed by atoms with Crippen molar-refractivity contribution in [1.29, 1.82) is 0 Å². The highest BCUT2D eigenvalue weighted by atomic mass is 31.2. The maximum absolute atomic E-state index is 12.9. The number of ether oxygens (including phenoxy) is 2. The number of phosphoric ester groups is 1. The first kappa shape index (κ1) is 66.1. The summed E-state index contributed by atoms with van der Waals surface area (Å²) >= 11 is 0. The first-order chi connectivity index (χ1) is 33.5. The van der Waals surface area contributed by atoms with Crippen LogP contribution in [0.1, 0.15) is 277 Å². The van der Waals surface area contributed by atoms with E-state index in [4.69, 9.17) is 18.5 Å². The molecule has 1 aliphatic carbocycles. The van der Waals surface area contributed by atoms with E-state index in [0.29, 0.717) is 13.0 Å². The molecule has 410 valence electrons. The van der Waals surface area contributed by atoms with Gasteiger partial charge >= 0.3 is 13.8 Å². The molecule has 0 amide bonds. The molecule has 0 spiro atoms. The number of carbonyl (C=O) groups excluding carboxylic acids is 1. The van der Waals surface area contributed by atoms with Gasteiger partial charge in [-0.3, -0.25) is 13.8 Å². The predicted octanol–water partition coefficient (Wildman–Crippen LogP) is 13.8. The normalized spacial score (nSPS) is 21.0. The van der Waals surface area contributed by atoms with Crippen LogP contribution in [-0.2, 0) is 27.9 Å². The minimum Gasteiger partial charge on any atom is -0.457 e. The first-order valence-corrected chi connectivity index (χ1v) is 30.5. The second kappa shape index (κ2) is 46.8. The van der Waals surface area contributed by atoms with Crippen LogP contribution in [-0.4, -0.2) is 98.9 Å². The monoisotopic (exact) mass is 1000 g/mol. The molecule has 1 saturated carbocycles. The van der Waals surface area contributed by atoms with Crippen LogP contribution in [0.3, 0.4) is 0 Å². The molecule has 6 N–H and O–H groups in total. The second-order valence-electron chi connectivity index (χ2n) is 20.5. The van der Waals surface area contributed by atoms with Gasteiger partial charge in [-0.05, 0) is 38.5 Å². The van der Waals surface area contributed by atoms with Crippen LogP contribution in [0.5, 0.6) is 0 Å². The topological polar surface area (TPSA) is 192 Å². The molecule has 0 aromatic carbocycles. The summed E-state index contributed by atoms with van der Waals surface area (Å²) in [6, 6.07) is 0. The molecule has 1 rings (SSSR count). The molecule has 1 aliphatic rings. The Balaban J connectivity index is 2.26. The number of aliphatic hydroxyl groups is 5. The van der Waals surface area contributed by atoms with Gasteiger partial charge in [0.1, 0.15) is 42.7 Å². The predicted molar refractivity (Wildman–Crippen MR) is 281 cm³/mol. The summed E-state index contributed by atoms with van der Waals surface area (Å²) in [6.45, 7) is 4.32. The summed E-state index contributed by atoms with van der Waals surface area (Å²) in [5.74, 6) is -0.470. The van der Waals surface area contributed by atoms with E-state index in [1.807, 2.05) is 0 Å². The van der Waals surface area contributed by atoms with E-state index >= 15 is 0 Å². The van der Waals surface area contributed by atoms with E-state index in [1.165, 1.54) is 212 Å². The van der Waals surface area contributed by atoms with Crippen molar-refractivity contribution in [1.82, 2.24) is 0 Å². The highest BCUT2D eigenvalue weighted by Crippen LogP contribution is 2.47. The molecule has 69 heavy (non-hydrogen) atoms. The fraction of sp³-hybridized carbons (Fsp3) is 0.946. The third-order valence-electron chi connectivity index (χ3n) is 13.9. The number of rotatable bonds is 51. The van der Waals surface area contributed by atoms with Gasteiger partial charge in [0.2, 0.25) is 0 Å². The number of unbranched alkanes of at least 4 members (excludes halogenated alkanes) is 37. The lowest BCUT2D eigenvalue weighted by molar-refractivity contribution is -0.220. The van der Waals surface area contributed by atoms with E-state index in [2.05, 4.69) is 26.0 Å². The summed E-state index contributed by atoms with van der Waals surface area (Å²) in [6.07, 6.45) is 42.8. The number of carbonyl (C=O) groups is 1. The van der Waals surface area contributed by atoms with Gasteiger partial charge in [-0.1, -0.05) is 244 Å². The lowest BCUT2D eigenvalue weighted by Crippen LogP contribution is -2.64. The Morgan fingerprint density at radius 1 is 0.449 bits per heavy atom. The van der Waals surface area contributed by atoms with Crippen LogP contribution >= 0.6 is 7.82 Å². The van der Waals surface area contributed by atoms with Gasteiger partial charge < -0.3 is 39.9 Å². The van der Waals surface area contributed by atoms with E-state index in [-0.39, 0.29) is 13.0 Å². The fourth-order valence-corrected chi connectivity index (χ4v) is 10.3. The van der Waals surface area contributed by atoms with Crippen molar-refractivity contribution < 1.29 is 58.3 Å². The maximum atomic E-state index is 12.9. The number of phosphoric acid groups is 1. The summed E-state index contributed by atoms with van der Waals surface area (Å²) in [5, 5.41) is 50.4. The van der Waals surface area contributed by atoms with Gasteiger partial charge in [0, 0.05) is 13.0 Å². The van der Waals surface area contributed by atoms with Crippen LogP contribution in [0, 0.1) is 0 Å². The van der Waals surface area contributed by atoms with Gasteiger partial charge in [0.25, 0.3) is 0 Å². The minimum absolute atomic E-state index is 0.0725. The summed E-state index contributed by atoms with van der Waals surface area (Å²) in [7, 11) is -5.02. The lowest BCUT2D eigenvalue weighted by Gasteiger charge is -2.41. The average Bonchev–Trinajstić information content (AvgIpc) is 3.34. The van der Waals surface area contributed by atoms with Crippen LogP contribution in [0.2, 0.25) is 0 Å². The number of hydrogen-bond acceptors (Lipinski definition) is 11. The number of hydrogen-bond donors (Lipinski definition) is 6. The highest BCUT2D eigenvalue weighted by molar-refractivity contribution is 7.47. The van der Waals surface area contributed by atoms with Crippen LogP contribution < -0.4 is 0 Å². The molecule has 0 saturated heterocycles. The molecular formula is C56H109O12P. The SMILES string of the molecule is CCCCCCCCC/C=C\CCCCCCCCCCOCC(COP(=O)(O)OC1C(O)C(O)C(O)C(O)C1O)OC(=O)CCCCCCCCCCCCCCCCCCCCCCCCC. The Morgan fingerprint density at radius 3 is 1.14 bits per heavy atom. The van der Waals surface area contributed by atoms with Crippen molar-refractivity contribution in [3.05, 3.63) is 12.2 Å². The van der Waals surface area contributed by atoms with E-state index in [1.54, 1.807) is 0 Å². The second-order valence-corrected chi connectivity index (χ2v) is 21.9. The van der Waals surface area contributed by atoms with E-state index in [0.717, 1.165) is 38.5 Å². The van der Waals surface area contributed by atoms with Gasteiger partial charge in [-0.15, -0.1) is 0 Å². The van der Waals surface area contributed by atoms with Crippen molar-refractivity contribution in [2.45, 2.75) is 320 Å². The third kappa shape index (κ3) is 38.3. The quantitative estimate of drug-likeness (QED) is 0.0146. The Hall–Kier alpha value is -0.920. The van der Waals surface area contributed by atoms with Gasteiger partial charge in [0.05, 0.1) is 13.2 Å². The van der Waals surface area contributed by atoms with Gasteiger partial charge in [0.15, 0.2) is 0 Å². The van der Waals surface area contributed by atoms with Crippen molar-refractivity contribution >= 4 is 13.8 Å². The minimum atomic E-state index is -5.02. The van der Waals surface area contributed by atoms with Gasteiger partial charge in [-0.25, -0.2) is 4.57 Å². The standard InChI is InChI=1S/C56H109O12P/c1-3-5-7-9-11-13-15-17-19-21-23-24-25-26-27-29-31-33-35-37-39-41-43-45-50(57)67-49(48-66-69(63,64)68-56-54(61)52(59)51(58)53(60)55(56)62)47-65-46-44-42-40-38-36-34-32-30-28-22-20-18-16-14-12-10-8-6-4-2/h20,22,49,51-56,58-62H,3-19,21,23-48H2,1-2H3,(H,63,64)/b22-20-. The number of esters is 1. The zero-order chi connectivity index (χ0) is 50.5. The summed E-state index contributed by atoms with van der Waals surface area (Å²) in [4.78, 5) is 23.3. The highest BCUT2D eigenvalue weighted by Gasteiger charge is 2.51. The summed E-state index contributed by atoms with van der Waals surface area (Å²) < 4.78 is 34.4. The average molecular weight is 1010 g/mol. The molecule has 0 heterocycles. The molecular weight excluding hydrogens is 896 g/mol. The molecule has 6 unspecified atom stereocenters. The zero-order valence-electron chi connectivity index (χ0n) is 44.4. The molecule has 0 aromatic rings. The third-order valence-corrected chi connectivity index (χ3v) is 14.9. The molecule has 0 radical (unpaired) electrons. The maximum Gasteiger partial charge on any atom is 0.472 e. The molecule has 0 aliphatic heterocycles. The zero-order valence-corrected chi connectivity index (χ0v) is 45.3. The van der Waals surface area contributed by atoms with Gasteiger partial charge in [-0.2, -0.15) is 0 Å². The number of aliphatic hydroxyl groups excluding tert-OH is 5. The summed E-state index contributed by atoms with van der Waals surface area (Å²) in [5.41, 5.74) is 0. The molecule has 13 heteroatoms.